The summed E-state index contributed by atoms with van der Waals surface area (Å²) in [5.41, 5.74) is -0.640. The van der Waals surface area contributed by atoms with Gasteiger partial charge in [0.2, 0.25) is 0 Å². The lowest BCUT2D eigenvalue weighted by molar-refractivity contribution is 0.102. The highest BCUT2D eigenvalue weighted by Gasteiger charge is 2.16. The van der Waals surface area contributed by atoms with Crippen molar-refractivity contribution in [2.24, 2.45) is 0 Å². The number of hydrogen-bond acceptors (Lipinski definition) is 1. The quantitative estimate of drug-likeness (QED) is 0.638. The first kappa shape index (κ1) is 14.5. The first-order valence-corrected chi connectivity index (χ1v) is 6.08. The standard InChI is InChI=1S/C13H6BrF4NO/c14-9-3-6(15)1-2-8(9)13(20)19-11-5-7(16)4-10(17)12(11)18/h1-5H,(H,19,20). The minimum atomic E-state index is -1.42. The number of hydrogen-bond donors (Lipinski definition) is 1. The van der Waals surface area contributed by atoms with Crippen LogP contribution >= 0.6 is 15.9 Å². The number of nitrogens with one attached hydrogen (secondary N) is 1. The highest BCUT2D eigenvalue weighted by Crippen LogP contribution is 2.22. The minimum absolute atomic E-state index is 0.00420. The van der Waals surface area contributed by atoms with E-state index in [2.05, 4.69) is 15.9 Å². The molecule has 0 aliphatic carbocycles. The third-order valence-corrected chi connectivity index (χ3v) is 3.07. The maximum Gasteiger partial charge on any atom is 0.256 e. The Hall–Kier alpha value is -1.89. The Balaban J connectivity index is 2.32. The molecule has 0 aliphatic heterocycles. The summed E-state index contributed by atoms with van der Waals surface area (Å²) in [5, 5.41) is 2.02. The molecule has 7 heteroatoms. The van der Waals surface area contributed by atoms with Crippen LogP contribution in [0.2, 0.25) is 0 Å². The van der Waals surface area contributed by atoms with E-state index in [9.17, 15) is 22.4 Å². The molecule has 0 spiro atoms. The van der Waals surface area contributed by atoms with Crippen molar-refractivity contribution in [3.63, 3.8) is 0 Å². The Labute approximate surface area is 119 Å². The summed E-state index contributed by atoms with van der Waals surface area (Å²) in [5.74, 6) is -5.23. The summed E-state index contributed by atoms with van der Waals surface area (Å²) < 4.78 is 52.4. The van der Waals surface area contributed by atoms with E-state index in [1.54, 1.807) is 0 Å². The third kappa shape index (κ3) is 2.98. The molecule has 0 saturated heterocycles. The van der Waals surface area contributed by atoms with Crippen molar-refractivity contribution in [2.45, 2.75) is 0 Å². The second kappa shape index (κ2) is 5.62. The first-order chi connectivity index (χ1) is 9.38. The van der Waals surface area contributed by atoms with Crippen LogP contribution < -0.4 is 5.32 Å². The van der Waals surface area contributed by atoms with E-state index < -0.39 is 34.9 Å². The average Bonchev–Trinajstić information content (AvgIpc) is 2.35. The maximum atomic E-state index is 13.4. The normalized spacial score (nSPS) is 10.4. The first-order valence-electron chi connectivity index (χ1n) is 5.29. The average molecular weight is 348 g/mol. The molecule has 0 aliphatic rings. The molecule has 0 heterocycles. The zero-order valence-corrected chi connectivity index (χ0v) is 11.3. The van der Waals surface area contributed by atoms with Gasteiger partial charge in [-0.3, -0.25) is 4.79 Å². The number of carbonyl (C=O) groups excluding carboxylic acids is 1. The van der Waals surface area contributed by atoms with Gasteiger partial charge in [0, 0.05) is 16.6 Å². The van der Waals surface area contributed by atoms with Crippen LogP contribution in [0.1, 0.15) is 10.4 Å². The van der Waals surface area contributed by atoms with Gasteiger partial charge >= 0.3 is 0 Å². The van der Waals surface area contributed by atoms with Crippen molar-refractivity contribution >= 4 is 27.5 Å². The van der Waals surface area contributed by atoms with Crippen molar-refractivity contribution in [3.8, 4) is 0 Å². The second-order valence-corrected chi connectivity index (χ2v) is 4.68. The predicted molar refractivity (Wildman–Crippen MR) is 68.4 cm³/mol. The predicted octanol–water partition coefficient (Wildman–Crippen LogP) is 4.26. The fraction of sp³-hybridized carbons (Fsp3) is 0. The minimum Gasteiger partial charge on any atom is -0.319 e. The number of halogens is 5. The van der Waals surface area contributed by atoms with E-state index in [0.717, 1.165) is 18.2 Å². The molecule has 0 unspecified atom stereocenters. The van der Waals surface area contributed by atoms with Crippen LogP contribution in [-0.4, -0.2) is 5.91 Å². The van der Waals surface area contributed by atoms with Crippen molar-refractivity contribution in [2.75, 3.05) is 5.32 Å². The highest BCUT2D eigenvalue weighted by atomic mass is 79.9. The van der Waals surface area contributed by atoms with Crippen LogP contribution in [0, 0.1) is 23.3 Å². The Morgan fingerprint density at radius 1 is 1.00 bits per heavy atom. The smallest absolute Gasteiger partial charge is 0.256 e. The van der Waals surface area contributed by atoms with Crippen LogP contribution in [-0.2, 0) is 0 Å². The molecule has 20 heavy (non-hydrogen) atoms. The van der Waals surface area contributed by atoms with E-state index >= 15 is 0 Å². The lowest BCUT2D eigenvalue weighted by Crippen LogP contribution is -2.14. The fourth-order valence-corrected chi connectivity index (χ4v) is 2.04. The molecule has 2 rings (SSSR count). The maximum absolute atomic E-state index is 13.4. The molecule has 0 fully saturated rings. The Morgan fingerprint density at radius 3 is 2.35 bits per heavy atom. The molecule has 2 nitrogen and oxygen atoms in total. The van der Waals surface area contributed by atoms with E-state index in [1.165, 1.54) is 0 Å². The van der Waals surface area contributed by atoms with Crippen LogP contribution in [0.5, 0.6) is 0 Å². The number of amides is 1. The molecule has 0 bridgehead atoms. The molecule has 1 N–H and O–H groups in total. The van der Waals surface area contributed by atoms with Crippen molar-refractivity contribution in [1.82, 2.24) is 0 Å². The molecule has 2 aromatic carbocycles. The van der Waals surface area contributed by atoms with Gasteiger partial charge < -0.3 is 5.32 Å². The zero-order valence-electron chi connectivity index (χ0n) is 9.68. The van der Waals surface area contributed by atoms with Gasteiger partial charge in [-0.25, -0.2) is 17.6 Å². The van der Waals surface area contributed by atoms with Crippen LogP contribution in [0.4, 0.5) is 23.2 Å². The zero-order chi connectivity index (χ0) is 14.9. The second-order valence-electron chi connectivity index (χ2n) is 3.83. The van der Waals surface area contributed by atoms with Gasteiger partial charge in [0.25, 0.3) is 5.91 Å². The van der Waals surface area contributed by atoms with Crippen LogP contribution in [0.25, 0.3) is 0 Å². The lowest BCUT2D eigenvalue weighted by Gasteiger charge is -2.08. The number of rotatable bonds is 2. The summed E-state index contributed by atoms with van der Waals surface area (Å²) >= 11 is 2.97. The summed E-state index contributed by atoms with van der Waals surface area (Å²) in [6.07, 6.45) is 0. The number of anilines is 1. The Bertz CT molecular complexity index is 690. The largest absolute Gasteiger partial charge is 0.319 e. The number of benzene rings is 2. The fourth-order valence-electron chi connectivity index (χ4n) is 1.51. The van der Waals surface area contributed by atoms with Crippen LogP contribution in [0.15, 0.2) is 34.8 Å². The van der Waals surface area contributed by atoms with Gasteiger partial charge in [0.05, 0.1) is 11.3 Å². The van der Waals surface area contributed by atoms with E-state index in [4.69, 9.17) is 0 Å². The molecule has 0 aromatic heterocycles. The summed E-state index contributed by atoms with van der Waals surface area (Å²) in [4.78, 5) is 11.8. The molecule has 0 saturated carbocycles. The molecular formula is C13H6BrF4NO. The summed E-state index contributed by atoms with van der Waals surface area (Å²) in [6, 6.07) is 4.23. The van der Waals surface area contributed by atoms with Crippen molar-refractivity contribution in [3.05, 3.63) is 63.6 Å². The molecule has 2 aromatic rings. The Morgan fingerprint density at radius 2 is 1.70 bits per heavy atom. The highest BCUT2D eigenvalue weighted by molar-refractivity contribution is 9.10. The Kier molecular flexibility index (Phi) is 4.08. The van der Waals surface area contributed by atoms with Crippen molar-refractivity contribution < 1.29 is 22.4 Å². The monoisotopic (exact) mass is 347 g/mol. The molecule has 0 atom stereocenters. The third-order valence-electron chi connectivity index (χ3n) is 2.42. The van der Waals surface area contributed by atoms with E-state index in [1.807, 2.05) is 5.32 Å². The topological polar surface area (TPSA) is 29.1 Å². The van der Waals surface area contributed by atoms with Gasteiger partial charge in [0.1, 0.15) is 11.6 Å². The molecule has 1 amide bonds. The number of carbonyl (C=O) groups is 1. The van der Waals surface area contributed by atoms with E-state index in [0.29, 0.717) is 12.1 Å². The van der Waals surface area contributed by atoms with Crippen LogP contribution in [0.3, 0.4) is 0 Å². The summed E-state index contributed by atoms with van der Waals surface area (Å²) in [7, 11) is 0. The SMILES string of the molecule is O=C(Nc1cc(F)cc(F)c1F)c1ccc(F)cc1Br. The van der Waals surface area contributed by atoms with Gasteiger partial charge in [0.15, 0.2) is 11.6 Å². The molecular weight excluding hydrogens is 342 g/mol. The molecule has 104 valence electrons. The van der Waals surface area contributed by atoms with Gasteiger partial charge in [-0.15, -0.1) is 0 Å². The van der Waals surface area contributed by atoms with Gasteiger partial charge in [-0.05, 0) is 34.1 Å². The summed E-state index contributed by atoms with van der Waals surface area (Å²) in [6.45, 7) is 0. The lowest BCUT2D eigenvalue weighted by atomic mass is 10.2. The van der Waals surface area contributed by atoms with Gasteiger partial charge in [-0.2, -0.15) is 0 Å². The van der Waals surface area contributed by atoms with Crippen molar-refractivity contribution in [1.29, 1.82) is 0 Å². The van der Waals surface area contributed by atoms with E-state index in [-0.39, 0.29) is 10.0 Å². The molecule has 0 radical (unpaired) electrons. The van der Waals surface area contributed by atoms with Gasteiger partial charge in [-0.1, -0.05) is 0 Å².